The Hall–Kier alpha value is -3.12. The number of aromatic carboxylic acids is 1. The first kappa shape index (κ1) is 17.3. The summed E-state index contributed by atoms with van der Waals surface area (Å²) in [5.41, 5.74) is 2.54. The number of aromatic nitrogens is 1. The minimum absolute atomic E-state index is 0.0220. The first-order valence-corrected chi connectivity index (χ1v) is 8.89. The summed E-state index contributed by atoms with van der Waals surface area (Å²) in [5.74, 6) is -0.547. The minimum atomic E-state index is -1.07. The molecule has 1 saturated heterocycles. The Labute approximate surface area is 157 Å². The molecule has 0 radical (unpaired) electrons. The molecule has 0 bridgehead atoms. The van der Waals surface area contributed by atoms with Gasteiger partial charge in [-0.15, -0.1) is 0 Å². The zero-order chi connectivity index (χ0) is 18.6. The molecule has 1 aliphatic rings. The number of hydrogen-bond donors (Lipinski definition) is 1. The van der Waals surface area contributed by atoms with E-state index in [0.29, 0.717) is 31.1 Å². The molecule has 0 spiro atoms. The summed E-state index contributed by atoms with van der Waals surface area (Å²) in [5, 5.41) is 10.3. The van der Waals surface area contributed by atoms with Crippen LogP contribution in [0, 0.1) is 0 Å². The van der Waals surface area contributed by atoms with Crippen LogP contribution in [0.15, 0.2) is 54.6 Å². The van der Waals surface area contributed by atoms with E-state index in [1.165, 1.54) is 6.07 Å². The van der Waals surface area contributed by atoms with Crippen molar-refractivity contribution in [2.45, 2.75) is 6.61 Å². The molecule has 6 heteroatoms. The largest absolute Gasteiger partial charge is 0.488 e. The fourth-order valence-corrected chi connectivity index (χ4v) is 3.23. The van der Waals surface area contributed by atoms with Crippen LogP contribution in [0.2, 0.25) is 0 Å². The molecular weight excluding hydrogens is 344 g/mol. The summed E-state index contributed by atoms with van der Waals surface area (Å²) in [4.78, 5) is 18.2. The number of ether oxygens (including phenoxy) is 2. The predicted octanol–water partition coefficient (Wildman–Crippen LogP) is 3.35. The molecule has 0 aliphatic carbocycles. The number of carbonyl (C=O) groups is 1. The smallest absolute Gasteiger partial charge is 0.354 e. The van der Waals surface area contributed by atoms with Gasteiger partial charge in [-0.3, -0.25) is 0 Å². The molecule has 2 heterocycles. The van der Waals surface area contributed by atoms with Crippen LogP contribution in [0.3, 0.4) is 0 Å². The highest BCUT2D eigenvalue weighted by Crippen LogP contribution is 2.33. The molecule has 0 amide bonds. The van der Waals surface area contributed by atoms with Gasteiger partial charge in [0.2, 0.25) is 0 Å². The van der Waals surface area contributed by atoms with Crippen LogP contribution in [0.5, 0.6) is 5.75 Å². The van der Waals surface area contributed by atoms with Crippen molar-refractivity contribution in [3.8, 4) is 5.75 Å². The molecule has 3 aromatic rings. The molecule has 4 rings (SSSR count). The van der Waals surface area contributed by atoms with E-state index in [-0.39, 0.29) is 5.69 Å². The van der Waals surface area contributed by atoms with Crippen LogP contribution in [-0.2, 0) is 11.3 Å². The van der Waals surface area contributed by atoms with Gasteiger partial charge < -0.3 is 19.5 Å². The zero-order valence-corrected chi connectivity index (χ0v) is 14.8. The van der Waals surface area contributed by atoms with E-state index in [9.17, 15) is 9.90 Å². The van der Waals surface area contributed by atoms with Crippen LogP contribution >= 0.6 is 0 Å². The second-order valence-corrected chi connectivity index (χ2v) is 6.36. The molecule has 1 aliphatic heterocycles. The molecule has 0 atom stereocenters. The predicted molar refractivity (Wildman–Crippen MR) is 103 cm³/mol. The van der Waals surface area contributed by atoms with Crippen LogP contribution in [0.25, 0.3) is 10.9 Å². The lowest BCUT2D eigenvalue weighted by molar-refractivity contribution is 0.0690. The highest BCUT2D eigenvalue weighted by Gasteiger charge is 2.19. The van der Waals surface area contributed by atoms with E-state index < -0.39 is 5.97 Å². The Kier molecular flexibility index (Phi) is 4.89. The van der Waals surface area contributed by atoms with Crippen molar-refractivity contribution in [2.75, 3.05) is 31.2 Å². The average molecular weight is 364 g/mol. The second kappa shape index (κ2) is 7.63. The number of carboxylic acids is 1. The molecule has 0 saturated carbocycles. The van der Waals surface area contributed by atoms with E-state index in [2.05, 4.69) is 9.88 Å². The van der Waals surface area contributed by atoms with Crippen molar-refractivity contribution in [3.05, 3.63) is 65.9 Å². The SMILES string of the molecule is O=C(O)c1cc(OCc2ccccc2)c2cccc(N3CCOCC3)c2n1. The lowest BCUT2D eigenvalue weighted by Crippen LogP contribution is -2.36. The first-order valence-electron chi connectivity index (χ1n) is 8.89. The summed E-state index contributed by atoms with van der Waals surface area (Å²) in [7, 11) is 0. The number of para-hydroxylation sites is 1. The summed E-state index contributed by atoms with van der Waals surface area (Å²) < 4.78 is 11.4. The Bertz CT molecular complexity index is 953. The highest BCUT2D eigenvalue weighted by atomic mass is 16.5. The zero-order valence-electron chi connectivity index (χ0n) is 14.8. The molecule has 27 heavy (non-hydrogen) atoms. The lowest BCUT2D eigenvalue weighted by Gasteiger charge is -2.29. The fourth-order valence-electron chi connectivity index (χ4n) is 3.23. The van der Waals surface area contributed by atoms with E-state index in [0.717, 1.165) is 29.7 Å². The van der Waals surface area contributed by atoms with E-state index in [1.54, 1.807) is 0 Å². The third kappa shape index (κ3) is 3.71. The number of rotatable bonds is 5. The van der Waals surface area contributed by atoms with Crippen LogP contribution in [0.4, 0.5) is 5.69 Å². The van der Waals surface area contributed by atoms with Gasteiger partial charge in [0, 0.05) is 24.5 Å². The van der Waals surface area contributed by atoms with E-state index >= 15 is 0 Å². The maximum Gasteiger partial charge on any atom is 0.354 e. The van der Waals surface area contributed by atoms with Gasteiger partial charge in [0.15, 0.2) is 5.69 Å². The Balaban J connectivity index is 1.76. The molecule has 2 aromatic carbocycles. The molecule has 0 unspecified atom stereocenters. The molecule has 1 N–H and O–H groups in total. The normalized spacial score (nSPS) is 14.3. The average Bonchev–Trinajstić information content (AvgIpc) is 2.72. The Morgan fingerprint density at radius 3 is 2.63 bits per heavy atom. The minimum Gasteiger partial charge on any atom is -0.488 e. The second-order valence-electron chi connectivity index (χ2n) is 6.36. The van der Waals surface area contributed by atoms with Gasteiger partial charge in [-0.05, 0) is 17.7 Å². The molecular formula is C21H20N2O4. The number of morpholine rings is 1. The Morgan fingerprint density at radius 1 is 1.11 bits per heavy atom. The van der Waals surface area contributed by atoms with Crippen LogP contribution in [-0.4, -0.2) is 42.4 Å². The van der Waals surface area contributed by atoms with Gasteiger partial charge >= 0.3 is 5.97 Å². The van der Waals surface area contributed by atoms with Gasteiger partial charge in [-0.25, -0.2) is 9.78 Å². The van der Waals surface area contributed by atoms with Gasteiger partial charge in [0.05, 0.1) is 24.4 Å². The maximum atomic E-state index is 11.6. The van der Waals surface area contributed by atoms with Crippen molar-refractivity contribution >= 4 is 22.6 Å². The molecule has 138 valence electrons. The number of benzene rings is 2. The third-order valence-corrected chi connectivity index (χ3v) is 4.59. The highest BCUT2D eigenvalue weighted by molar-refractivity contribution is 5.98. The van der Waals surface area contributed by atoms with E-state index in [4.69, 9.17) is 9.47 Å². The van der Waals surface area contributed by atoms with Gasteiger partial charge in [0.1, 0.15) is 12.4 Å². The Morgan fingerprint density at radius 2 is 1.89 bits per heavy atom. The molecule has 1 aromatic heterocycles. The number of fused-ring (bicyclic) bond motifs is 1. The van der Waals surface area contributed by atoms with Gasteiger partial charge in [-0.2, -0.15) is 0 Å². The quantitative estimate of drug-likeness (QED) is 0.749. The summed E-state index contributed by atoms with van der Waals surface area (Å²) in [6, 6.07) is 17.1. The first-order chi connectivity index (χ1) is 13.2. The summed E-state index contributed by atoms with van der Waals surface area (Å²) in [6.45, 7) is 3.15. The summed E-state index contributed by atoms with van der Waals surface area (Å²) >= 11 is 0. The van der Waals surface area contributed by atoms with Crippen molar-refractivity contribution < 1.29 is 19.4 Å². The number of anilines is 1. The molecule has 1 fully saturated rings. The van der Waals surface area contributed by atoms with Crippen molar-refractivity contribution in [2.24, 2.45) is 0 Å². The monoisotopic (exact) mass is 364 g/mol. The topological polar surface area (TPSA) is 71.9 Å². The molecule has 6 nitrogen and oxygen atoms in total. The maximum absolute atomic E-state index is 11.6. The van der Waals surface area contributed by atoms with Crippen molar-refractivity contribution in [1.82, 2.24) is 4.98 Å². The fraction of sp³-hybridized carbons (Fsp3) is 0.238. The third-order valence-electron chi connectivity index (χ3n) is 4.59. The van der Waals surface area contributed by atoms with Crippen molar-refractivity contribution in [1.29, 1.82) is 0 Å². The van der Waals surface area contributed by atoms with Crippen LogP contribution in [0.1, 0.15) is 16.1 Å². The van der Waals surface area contributed by atoms with Gasteiger partial charge in [-0.1, -0.05) is 36.4 Å². The van der Waals surface area contributed by atoms with Gasteiger partial charge in [0.25, 0.3) is 0 Å². The standard InChI is InChI=1S/C21H20N2O4/c24-21(25)17-13-19(27-14-15-5-2-1-3-6-15)16-7-4-8-18(20(16)22-17)23-9-11-26-12-10-23/h1-8,13H,9-12,14H2,(H,24,25). The number of nitrogens with zero attached hydrogens (tertiary/aromatic N) is 2. The number of carboxylic acid groups (broad SMARTS) is 1. The lowest BCUT2D eigenvalue weighted by atomic mass is 10.1. The van der Waals surface area contributed by atoms with Crippen molar-refractivity contribution in [3.63, 3.8) is 0 Å². The van der Waals surface area contributed by atoms with E-state index in [1.807, 2.05) is 48.5 Å². The van der Waals surface area contributed by atoms with Crippen LogP contribution < -0.4 is 9.64 Å². The summed E-state index contributed by atoms with van der Waals surface area (Å²) in [6.07, 6.45) is 0. The number of pyridine rings is 1. The number of hydrogen-bond acceptors (Lipinski definition) is 5.